The highest BCUT2D eigenvalue weighted by atomic mass is 16.2. The van der Waals surface area contributed by atoms with E-state index in [-0.39, 0.29) is 5.91 Å². The molecule has 0 N–H and O–H groups in total. The van der Waals surface area contributed by atoms with Crippen molar-refractivity contribution in [2.75, 3.05) is 0 Å². The number of carbonyl (C=O) groups is 1. The molecule has 18 heavy (non-hydrogen) atoms. The van der Waals surface area contributed by atoms with Crippen molar-refractivity contribution in [3.05, 3.63) is 58.9 Å². The predicted octanol–water partition coefficient (Wildman–Crippen LogP) is 3.61. The van der Waals surface area contributed by atoms with Crippen molar-refractivity contribution in [1.29, 1.82) is 0 Å². The summed E-state index contributed by atoms with van der Waals surface area (Å²) in [4.78, 5) is 12.3. The third-order valence-electron chi connectivity index (χ3n) is 3.30. The fourth-order valence-electron chi connectivity index (χ4n) is 2.14. The largest absolute Gasteiger partial charge is 0.290 e. The lowest BCUT2D eigenvalue weighted by Crippen LogP contribution is -2.09. The van der Waals surface area contributed by atoms with Crippen molar-refractivity contribution < 1.29 is 4.79 Å². The van der Waals surface area contributed by atoms with Gasteiger partial charge < -0.3 is 0 Å². The summed E-state index contributed by atoms with van der Waals surface area (Å²) in [6.45, 7) is 6.26. The molecule has 0 bridgehead atoms. The van der Waals surface area contributed by atoms with Crippen molar-refractivity contribution in [3.63, 3.8) is 0 Å². The van der Waals surface area contributed by atoms with Gasteiger partial charge in [0.25, 0.3) is 5.91 Å². The van der Waals surface area contributed by atoms with E-state index >= 15 is 0 Å². The molecular weight excluding hydrogens is 222 g/mol. The molecule has 0 fully saturated rings. The Bertz CT molecular complexity index is 527. The standard InChI is InChI=1S/C16H19NO/c1-4-13-10-17(11-14(13)5-2)16(18)15-8-6-12(3)7-9-15/h6-11H,4-5H2,1-3H3. The number of nitrogens with zero attached hydrogens (tertiary/aromatic N) is 1. The average Bonchev–Trinajstić information content (AvgIpc) is 2.82. The molecule has 0 aliphatic carbocycles. The van der Waals surface area contributed by atoms with E-state index in [4.69, 9.17) is 0 Å². The van der Waals surface area contributed by atoms with Gasteiger partial charge in [-0.15, -0.1) is 0 Å². The first-order valence-electron chi connectivity index (χ1n) is 6.46. The molecular formula is C16H19NO. The van der Waals surface area contributed by atoms with Gasteiger partial charge in [-0.1, -0.05) is 31.5 Å². The van der Waals surface area contributed by atoms with E-state index in [9.17, 15) is 4.79 Å². The molecule has 1 aromatic carbocycles. The Morgan fingerprint density at radius 2 is 1.50 bits per heavy atom. The molecule has 1 heterocycles. The normalized spacial score (nSPS) is 10.6. The number of aromatic nitrogens is 1. The van der Waals surface area contributed by atoms with Crippen LogP contribution in [0.25, 0.3) is 0 Å². The first-order chi connectivity index (χ1) is 8.65. The van der Waals surface area contributed by atoms with Crippen LogP contribution in [0.3, 0.4) is 0 Å². The lowest BCUT2D eigenvalue weighted by molar-refractivity contribution is 0.0960. The maximum Gasteiger partial charge on any atom is 0.261 e. The summed E-state index contributed by atoms with van der Waals surface area (Å²) in [6, 6.07) is 7.71. The number of rotatable bonds is 3. The fourth-order valence-corrected chi connectivity index (χ4v) is 2.14. The Balaban J connectivity index is 2.33. The monoisotopic (exact) mass is 241 g/mol. The average molecular weight is 241 g/mol. The van der Waals surface area contributed by atoms with E-state index in [2.05, 4.69) is 13.8 Å². The highest BCUT2D eigenvalue weighted by Crippen LogP contribution is 2.14. The molecule has 1 aromatic heterocycles. The first-order valence-corrected chi connectivity index (χ1v) is 6.46. The van der Waals surface area contributed by atoms with Gasteiger partial charge in [0.05, 0.1) is 0 Å². The highest BCUT2D eigenvalue weighted by Gasteiger charge is 2.11. The zero-order chi connectivity index (χ0) is 13.1. The fraction of sp³-hybridized carbons (Fsp3) is 0.312. The van der Waals surface area contributed by atoms with Gasteiger partial charge >= 0.3 is 0 Å². The topological polar surface area (TPSA) is 22.0 Å². The van der Waals surface area contributed by atoms with Crippen molar-refractivity contribution in [3.8, 4) is 0 Å². The molecule has 2 rings (SSSR count). The van der Waals surface area contributed by atoms with Crippen LogP contribution in [-0.2, 0) is 12.8 Å². The quantitative estimate of drug-likeness (QED) is 0.804. The first kappa shape index (κ1) is 12.6. The van der Waals surface area contributed by atoms with Gasteiger partial charge in [0.1, 0.15) is 0 Å². The zero-order valence-corrected chi connectivity index (χ0v) is 11.2. The second kappa shape index (κ2) is 5.21. The minimum atomic E-state index is 0.0457. The minimum Gasteiger partial charge on any atom is -0.290 e. The van der Waals surface area contributed by atoms with E-state index in [1.165, 1.54) is 16.7 Å². The van der Waals surface area contributed by atoms with Crippen molar-refractivity contribution >= 4 is 5.91 Å². The van der Waals surface area contributed by atoms with E-state index in [0.717, 1.165) is 18.4 Å². The number of carbonyl (C=O) groups excluding carboxylic acids is 1. The Labute approximate surface area is 108 Å². The third-order valence-corrected chi connectivity index (χ3v) is 3.30. The lowest BCUT2D eigenvalue weighted by atomic mass is 10.1. The maximum atomic E-state index is 12.3. The summed E-state index contributed by atoms with van der Waals surface area (Å²) in [5, 5.41) is 0. The SMILES string of the molecule is CCc1cn(C(=O)c2ccc(C)cc2)cc1CC. The van der Waals surface area contributed by atoms with Gasteiger partial charge in [0.15, 0.2) is 0 Å². The predicted molar refractivity (Wildman–Crippen MR) is 74.1 cm³/mol. The van der Waals surface area contributed by atoms with Crippen LogP contribution >= 0.6 is 0 Å². The second-order valence-electron chi connectivity index (χ2n) is 4.59. The molecule has 0 unspecified atom stereocenters. The van der Waals surface area contributed by atoms with Crippen LogP contribution in [0.15, 0.2) is 36.7 Å². The summed E-state index contributed by atoms with van der Waals surface area (Å²) in [6.07, 6.45) is 5.86. The second-order valence-corrected chi connectivity index (χ2v) is 4.59. The van der Waals surface area contributed by atoms with E-state index in [1.54, 1.807) is 4.57 Å². The van der Waals surface area contributed by atoms with Crippen molar-refractivity contribution in [2.24, 2.45) is 0 Å². The van der Waals surface area contributed by atoms with Crippen LogP contribution in [0.1, 0.15) is 40.9 Å². The van der Waals surface area contributed by atoms with Crippen molar-refractivity contribution in [1.82, 2.24) is 4.57 Å². The molecule has 0 spiro atoms. The molecule has 0 saturated carbocycles. The van der Waals surface area contributed by atoms with Gasteiger partial charge in [0.2, 0.25) is 0 Å². The molecule has 94 valence electrons. The maximum absolute atomic E-state index is 12.3. The summed E-state index contributed by atoms with van der Waals surface area (Å²) >= 11 is 0. The Morgan fingerprint density at radius 3 is 1.94 bits per heavy atom. The number of aryl methyl sites for hydroxylation is 3. The molecule has 2 aromatic rings. The molecule has 0 aliphatic heterocycles. The summed E-state index contributed by atoms with van der Waals surface area (Å²) in [7, 11) is 0. The lowest BCUT2D eigenvalue weighted by Gasteiger charge is -2.02. The summed E-state index contributed by atoms with van der Waals surface area (Å²) in [5.41, 5.74) is 4.43. The van der Waals surface area contributed by atoms with Gasteiger partial charge in [-0.05, 0) is 43.0 Å². The Kier molecular flexibility index (Phi) is 3.66. The van der Waals surface area contributed by atoms with Crippen LogP contribution in [0, 0.1) is 6.92 Å². The van der Waals surface area contributed by atoms with Crippen LogP contribution in [0.4, 0.5) is 0 Å². The number of hydrogen-bond donors (Lipinski definition) is 0. The van der Waals surface area contributed by atoms with Crippen LogP contribution in [0.2, 0.25) is 0 Å². The molecule has 0 aliphatic rings. The van der Waals surface area contributed by atoms with E-state index in [0.29, 0.717) is 0 Å². The van der Waals surface area contributed by atoms with E-state index in [1.807, 2.05) is 43.6 Å². The van der Waals surface area contributed by atoms with Gasteiger partial charge in [0, 0.05) is 18.0 Å². The van der Waals surface area contributed by atoms with Crippen LogP contribution in [0.5, 0.6) is 0 Å². The molecule has 0 amide bonds. The summed E-state index contributed by atoms with van der Waals surface area (Å²) in [5.74, 6) is 0.0457. The van der Waals surface area contributed by atoms with E-state index < -0.39 is 0 Å². The summed E-state index contributed by atoms with van der Waals surface area (Å²) < 4.78 is 1.71. The highest BCUT2D eigenvalue weighted by molar-refractivity contribution is 5.96. The third kappa shape index (κ3) is 2.37. The number of benzene rings is 1. The zero-order valence-electron chi connectivity index (χ0n) is 11.2. The van der Waals surface area contributed by atoms with Crippen LogP contribution < -0.4 is 0 Å². The minimum absolute atomic E-state index is 0.0457. The molecule has 2 nitrogen and oxygen atoms in total. The van der Waals surface area contributed by atoms with Crippen molar-refractivity contribution in [2.45, 2.75) is 33.6 Å². The molecule has 0 saturated heterocycles. The molecule has 0 radical (unpaired) electrons. The smallest absolute Gasteiger partial charge is 0.261 e. The molecule has 2 heteroatoms. The van der Waals surface area contributed by atoms with Gasteiger partial charge in [-0.2, -0.15) is 0 Å². The Hall–Kier alpha value is -1.83. The van der Waals surface area contributed by atoms with Gasteiger partial charge in [-0.3, -0.25) is 9.36 Å². The van der Waals surface area contributed by atoms with Gasteiger partial charge in [-0.25, -0.2) is 0 Å². The van der Waals surface area contributed by atoms with Crippen LogP contribution in [-0.4, -0.2) is 10.5 Å². The number of hydrogen-bond acceptors (Lipinski definition) is 1. The Morgan fingerprint density at radius 1 is 1.00 bits per heavy atom. The molecule has 0 atom stereocenters.